The second kappa shape index (κ2) is 3.57. The molecule has 0 aromatic rings. The van der Waals surface area contributed by atoms with Crippen LogP contribution in [0.1, 0.15) is 25.7 Å². The van der Waals surface area contributed by atoms with Crippen molar-refractivity contribution < 1.29 is 0 Å². The Bertz CT molecular complexity index is 147. The van der Waals surface area contributed by atoms with Crippen molar-refractivity contribution in [1.29, 1.82) is 0 Å². The van der Waals surface area contributed by atoms with Gasteiger partial charge in [-0.15, -0.1) is 6.58 Å². The van der Waals surface area contributed by atoms with Crippen molar-refractivity contribution in [2.24, 2.45) is 5.73 Å². The maximum absolute atomic E-state index is 5.69. The summed E-state index contributed by atoms with van der Waals surface area (Å²) in [5.41, 5.74) is 7.22. The van der Waals surface area contributed by atoms with E-state index in [9.17, 15) is 0 Å². The molecule has 2 N–H and O–H groups in total. The first-order valence-corrected chi connectivity index (χ1v) is 3.89. The van der Waals surface area contributed by atoms with Gasteiger partial charge in [0, 0.05) is 6.04 Å². The normalized spacial score (nSPS) is 24.5. The van der Waals surface area contributed by atoms with Gasteiger partial charge in [-0.2, -0.15) is 0 Å². The quantitative estimate of drug-likeness (QED) is 0.591. The van der Waals surface area contributed by atoms with Crippen LogP contribution in [0, 0.1) is 0 Å². The molecule has 1 aliphatic carbocycles. The van der Waals surface area contributed by atoms with Crippen LogP contribution in [0.3, 0.4) is 0 Å². The van der Waals surface area contributed by atoms with Gasteiger partial charge >= 0.3 is 0 Å². The maximum Gasteiger partial charge on any atom is 0.0229 e. The molecule has 10 heavy (non-hydrogen) atoms. The minimum absolute atomic E-state index is 0.333. The van der Waals surface area contributed by atoms with Gasteiger partial charge in [0.05, 0.1) is 0 Å². The van der Waals surface area contributed by atoms with E-state index >= 15 is 0 Å². The van der Waals surface area contributed by atoms with Crippen molar-refractivity contribution in [3.8, 4) is 0 Å². The Hall–Kier alpha value is -0.560. The third-order valence-electron chi connectivity index (χ3n) is 1.92. The lowest BCUT2D eigenvalue weighted by molar-refractivity contribution is 0.764. The van der Waals surface area contributed by atoms with Gasteiger partial charge < -0.3 is 5.73 Å². The molecule has 0 aromatic heterocycles. The number of hydrogen-bond donors (Lipinski definition) is 1. The molecule has 0 bridgehead atoms. The first-order valence-electron chi connectivity index (χ1n) is 3.89. The monoisotopic (exact) mass is 137 g/mol. The van der Waals surface area contributed by atoms with Gasteiger partial charge in [0.2, 0.25) is 0 Å². The van der Waals surface area contributed by atoms with Gasteiger partial charge in [-0.05, 0) is 25.7 Å². The third-order valence-corrected chi connectivity index (χ3v) is 1.92. The van der Waals surface area contributed by atoms with E-state index in [1.54, 1.807) is 0 Å². The summed E-state index contributed by atoms with van der Waals surface area (Å²) in [6, 6.07) is 0.333. The lowest BCUT2D eigenvalue weighted by Gasteiger charge is -1.94. The molecule has 56 valence electrons. The molecule has 0 spiro atoms. The highest BCUT2D eigenvalue weighted by atomic mass is 14.6. The topological polar surface area (TPSA) is 26.0 Å². The fourth-order valence-electron chi connectivity index (χ4n) is 1.32. The molecule has 0 radical (unpaired) electrons. The molecule has 1 heteroatoms. The fourth-order valence-corrected chi connectivity index (χ4v) is 1.32. The van der Waals surface area contributed by atoms with Crippen molar-refractivity contribution in [3.05, 3.63) is 24.3 Å². The van der Waals surface area contributed by atoms with Crippen molar-refractivity contribution in [1.82, 2.24) is 0 Å². The average Bonchev–Trinajstić information content (AvgIpc) is 2.31. The van der Waals surface area contributed by atoms with Crippen LogP contribution in [0.2, 0.25) is 0 Å². The van der Waals surface area contributed by atoms with Crippen LogP contribution >= 0.6 is 0 Å². The van der Waals surface area contributed by atoms with Crippen LogP contribution in [0.5, 0.6) is 0 Å². The van der Waals surface area contributed by atoms with Crippen LogP contribution in [0.15, 0.2) is 24.3 Å². The van der Waals surface area contributed by atoms with Crippen LogP contribution in [0.4, 0.5) is 0 Å². The molecular formula is C9H15N. The van der Waals surface area contributed by atoms with Crippen LogP contribution in [-0.2, 0) is 0 Å². The summed E-state index contributed by atoms with van der Waals surface area (Å²) in [5.74, 6) is 0. The average molecular weight is 137 g/mol. The second-order valence-corrected chi connectivity index (χ2v) is 2.85. The summed E-state index contributed by atoms with van der Waals surface area (Å²) in [5, 5.41) is 0. The zero-order chi connectivity index (χ0) is 7.40. The molecule has 0 saturated heterocycles. The minimum atomic E-state index is 0.333. The summed E-state index contributed by atoms with van der Waals surface area (Å²) in [6.07, 6.45) is 8.77. The molecule has 1 rings (SSSR count). The van der Waals surface area contributed by atoms with Crippen molar-refractivity contribution in [2.45, 2.75) is 31.7 Å². The highest BCUT2D eigenvalue weighted by Gasteiger charge is 2.09. The third kappa shape index (κ3) is 1.99. The number of rotatable bonds is 3. The first-order chi connectivity index (χ1) is 4.83. The first kappa shape index (κ1) is 7.55. The molecule has 0 fully saturated rings. The second-order valence-electron chi connectivity index (χ2n) is 2.85. The van der Waals surface area contributed by atoms with E-state index in [4.69, 9.17) is 5.73 Å². The van der Waals surface area contributed by atoms with Crippen LogP contribution in [0.25, 0.3) is 0 Å². The van der Waals surface area contributed by atoms with Crippen molar-refractivity contribution >= 4 is 0 Å². The van der Waals surface area contributed by atoms with E-state index in [0.717, 1.165) is 19.3 Å². The van der Waals surface area contributed by atoms with Crippen LogP contribution < -0.4 is 5.73 Å². The Labute approximate surface area is 62.6 Å². The van der Waals surface area contributed by atoms with Gasteiger partial charge in [0.25, 0.3) is 0 Å². The molecule has 0 heterocycles. The zero-order valence-corrected chi connectivity index (χ0v) is 6.34. The van der Waals surface area contributed by atoms with Gasteiger partial charge in [0.15, 0.2) is 0 Å². The largest absolute Gasteiger partial charge is 0.324 e. The Morgan fingerprint density at radius 2 is 2.60 bits per heavy atom. The fraction of sp³-hybridized carbons (Fsp3) is 0.556. The Kier molecular flexibility index (Phi) is 2.69. The Morgan fingerprint density at radius 1 is 1.80 bits per heavy atom. The van der Waals surface area contributed by atoms with Gasteiger partial charge in [-0.3, -0.25) is 0 Å². The summed E-state index contributed by atoms with van der Waals surface area (Å²) in [6.45, 7) is 3.68. The summed E-state index contributed by atoms with van der Waals surface area (Å²) < 4.78 is 0. The predicted octanol–water partition coefficient (Wildman–Crippen LogP) is 2.00. The molecule has 0 saturated carbocycles. The van der Waals surface area contributed by atoms with Gasteiger partial charge in [-0.1, -0.05) is 17.7 Å². The van der Waals surface area contributed by atoms with Crippen LogP contribution in [-0.4, -0.2) is 6.04 Å². The summed E-state index contributed by atoms with van der Waals surface area (Å²) >= 11 is 0. The molecule has 1 nitrogen and oxygen atoms in total. The van der Waals surface area contributed by atoms with E-state index in [0.29, 0.717) is 6.04 Å². The van der Waals surface area contributed by atoms with E-state index in [-0.39, 0.29) is 0 Å². The Balaban J connectivity index is 2.28. The number of nitrogens with two attached hydrogens (primary N) is 1. The molecule has 0 aromatic carbocycles. The maximum atomic E-state index is 5.69. The highest BCUT2D eigenvalue weighted by molar-refractivity contribution is 5.13. The van der Waals surface area contributed by atoms with E-state index in [1.807, 2.05) is 6.08 Å². The molecule has 1 unspecified atom stereocenters. The summed E-state index contributed by atoms with van der Waals surface area (Å²) in [7, 11) is 0. The summed E-state index contributed by atoms with van der Waals surface area (Å²) in [4.78, 5) is 0. The molecule has 1 aliphatic rings. The molecule has 1 atom stereocenters. The molecule has 0 amide bonds. The van der Waals surface area contributed by atoms with E-state index < -0.39 is 0 Å². The standard InChI is InChI=1S/C9H15N/c1-2-3-4-8-5-6-9(10)7-8/h2,7,9H,1,3-6,10H2. The predicted molar refractivity (Wildman–Crippen MR) is 44.7 cm³/mol. The lowest BCUT2D eigenvalue weighted by atomic mass is 10.1. The number of hydrogen-bond acceptors (Lipinski definition) is 1. The number of allylic oxidation sites excluding steroid dienone is 2. The zero-order valence-electron chi connectivity index (χ0n) is 6.34. The molecule has 0 aliphatic heterocycles. The SMILES string of the molecule is C=CCCC1=CC(N)CC1. The van der Waals surface area contributed by atoms with Crippen molar-refractivity contribution in [3.63, 3.8) is 0 Å². The van der Waals surface area contributed by atoms with Crippen molar-refractivity contribution in [2.75, 3.05) is 0 Å². The smallest absolute Gasteiger partial charge is 0.0229 e. The van der Waals surface area contributed by atoms with E-state index in [1.165, 1.54) is 12.0 Å². The Morgan fingerprint density at radius 3 is 3.10 bits per heavy atom. The van der Waals surface area contributed by atoms with Gasteiger partial charge in [0.1, 0.15) is 0 Å². The van der Waals surface area contributed by atoms with Gasteiger partial charge in [-0.25, -0.2) is 0 Å². The minimum Gasteiger partial charge on any atom is -0.324 e. The highest BCUT2D eigenvalue weighted by Crippen LogP contribution is 2.20. The van der Waals surface area contributed by atoms with E-state index in [2.05, 4.69) is 12.7 Å². The lowest BCUT2D eigenvalue weighted by Crippen LogP contribution is -2.11. The molecular weight excluding hydrogens is 122 g/mol.